The lowest BCUT2D eigenvalue weighted by molar-refractivity contribution is -0.115. The molecule has 3 N–H and O–H groups in total. The molecule has 2 aromatic rings. The average molecular weight is 327 g/mol. The summed E-state index contributed by atoms with van der Waals surface area (Å²) >= 11 is 1.41. The van der Waals surface area contributed by atoms with Crippen molar-refractivity contribution in [3.05, 3.63) is 54.1 Å². The highest BCUT2D eigenvalue weighted by Crippen LogP contribution is 2.26. The number of thioether (sulfide) groups is 1. The van der Waals surface area contributed by atoms with E-state index in [4.69, 9.17) is 15.7 Å². The van der Waals surface area contributed by atoms with E-state index in [9.17, 15) is 4.79 Å². The third-order valence-corrected chi connectivity index (χ3v) is 4.02. The number of carbonyl (C=O) groups is 1. The number of nitrogens with two attached hydrogens (primary N) is 1. The van der Waals surface area contributed by atoms with Gasteiger partial charge in [0.2, 0.25) is 5.91 Å². The number of nitrogens with zero attached hydrogens (tertiary/aromatic N) is 1. The van der Waals surface area contributed by atoms with Gasteiger partial charge in [-0.25, -0.2) is 0 Å². The molecule has 2 aromatic carbocycles. The van der Waals surface area contributed by atoms with Crippen LogP contribution in [0.3, 0.4) is 0 Å². The number of para-hydroxylation sites is 1. The van der Waals surface area contributed by atoms with Gasteiger partial charge < -0.3 is 15.8 Å². The van der Waals surface area contributed by atoms with Gasteiger partial charge in [-0.15, -0.1) is 11.8 Å². The van der Waals surface area contributed by atoms with Crippen LogP contribution in [0, 0.1) is 11.3 Å². The van der Waals surface area contributed by atoms with E-state index in [-0.39, 0.29) is 11.7 Å². The summed E-state index contributed by atoms with van der Waals surface area (Å²) in [6.45, 7) is 1.11. The van der Waals surface area contributed by atoms with Crippen molar-refractivity contribution in [2.45, 2.75) is 4.90 Å². The van der Waals surface area contributed by atoms with E-state index in [1.165, 1.54) is 11.8 Å². The highest BCUT2D eigenvalue weighted by atomic mass is 32.2. The Bertz CT molecular complexity index is 696. The summed E-state index contributed by atoms with van der Waals surface area (Å²) in [6, 6.07) is 16.8. The lowest BCUT2D eigenvalue weighted by atomic mass is 10.2. The SMILES string of the molecule is N#Cc1ccc(OCCNc2ccccc2SCC(N)=O)cc1. The fourth-order valence-corrected chi connectivity index (χ4v) is 2.64. The van der Waals surface area contributed by atoms with Crippen LogP contribution in [-0.2, 0) is 4.79 Å². The second kappa shape index (κ2) is 8.71. The van der Waals surface area contributed by atoms with Crippen LogP contribution in [0.5, 0.6) is 5.75 Å². The number of anilines is 1. The summed E-state index contributed by atoms with van der Waals surface area (Å²) in [5.74, 6) is 0.636. The van der Waals surface area contributed by atoms with Gasteiger partial charge in [0.15, 0.2) is 0 Å². The third kappa shape index (κ3) is 5.57. The number of hydrogen-bond acceptors (Lipinski definition) is 5. The monoisotopic (exact) mass is 327 g/mol. The molecule has 0 aliphatic rings. The Labute approximate surface area is 139 Å². The Balaban J connectivity index is 1.81. The molecule has 0 radical (unpaired) electrons. The van der Waals surface area contributed by atoms with E-state index in [0.717, 1.165) is 16.3 Å². The maximum Gasteiger partial charge on any atom is 0.227 e. The van der Waals surface area contributed by atoms with E-state index in [1.54, 1.807) is 24.3 Å². The smallest absolute Gasteiger partial charge is 0.227 e. The second-order valence-corrected chi connectivity index (χ2v) is 5.68. The predicted octanol–water partition coefficient (Wildman–Crippen LogP) is 2.63. The van der Waals surface area contributed by atoms with Crippen LogP contribution in [0.15, 0.2) is 53.4 Å². The Morgan fingerprint density at radius 3 is 2.65 bits per heavy atom. The molecule has 0 saturated carbocycles. The minimum absolute atomic E-state index is 0.250. The van der Waals surface area contributed by atoms with Gasteiger partial charge in [-0.05, 0) is 36.4 Å². The van der Waals surface area contributed by atoms with Gasteiger partial charge in [-0.2, -0.15) is 5.26 Å². The first-order valence-corrected chi connectivity index (χ1v) is 8.04. The van der Waals surface area contributed by atoms with Gasteiger partial charge >= 0.3 is 0 Å². The molecule has 0 bridgehead atoms. The van der Waals surface area contributed by atoms with Crippen molar-refractivity contribution in [2.75, 3.05) is 24.2 Å². The maximum absolute atomic E-state index is 10.9. The zero-order chi connectivity index (χ0) is 16.5. The minimum Gasteiger partial charge on any atom is -0.492 e. The van der Waals surface area contributed by atoms with Crippen molar-refractivity contribution in [1.29, 1.82) is 5.26 Å². The zero-order valence-corrected chi connectivity index (χ0v) is 13.3. The van der Waals surface area contributed by atoms with Crippen LogP contribution >= 0.6 is 11.8 Å². The molecule has 2 rings (SSSR count). The first-order chi connectivity index (χ1) is 11.2. The quantitative estimate of drug-likeness (QED) is 0.575. The molecule has 118 valence electrons. The highest BCUT2D eigenvalue weighted by molar-refractivity contribution is 8.00. The molecule has 0 aliphatic carbocycles. The van der Waals surface area contributed by atoms with Gasteiger partial charge in [0.05, 0.1) is 17.4 Å². The standard InChI is InChI=1S/C17H17N3O2S/c18-11-13-5-7-14(8-6-13)22-10-9-20-15-3-1-2-4-16(15)23-12-17(19)21/h1-8,20H,9-10,12H2,(H2,19,21). The van der Waals surface area contributed by atoms with E-state index in [2.05, 4.69) is 11.4 Å². The third-order valence-electron chi connectivity index (χ3n) is 2.93. The van der Waals surface area contributed by atoms with Crippen molar-refractivity contribution in [2.24, 2.45) is 5.73 Å². The maximum atomic E-state index is 10.9. The van der Waals surface area contributed by atoms with Crippen LogP contribution < -0.4 is 15.8 Å². The summed E-state index contributed by atoms with van der Waals surface area (Å²) in [7, 11) is 0. The molecular formula is C17H17N3O2S. The van der Waals surface area contributed by atoms with Crippen molar-refractivity contribution in [3.8, 4) is 11.8 Å². The van der Waals surface area contributed by atoms with Crippen molar-refractivity contribution < 1.29 is 9.53 Å². The summed E-state index contributed by atoms with van der Waals surface area (Å²) in [6.07, 6.45) is 0. The van der Waals surface area contributed by atoms with Crippen molar-refractivity contribution in [1.82, 2.24) is 0 Å². The highest BCUT2D eigenvalue weighted by Gasteiger charge is 2.04. The van der Waals surface area contributed by atoms with Crippen LogP contribution in [0.1, 0.15) is 5.56 Å². The van der Waals surface area contributed by atoms with E-state index < -0.39 is 0 Å². The molecule has 0 fully saturated rings. The summed E-state index contributed by atoms with van der Waals surface area (Å²) in [5.41, 5.74) is 6.73. The molecule has 23 heavy (non-hydrogen) atoms. The minimum atomic E-state index is -0.339. The lowest BCUT2D eigenvalue weighted by Crippen LogP contribution is -2.14. The molecule has 0 unspecified atom stereocenters. The van der Waals surface area contributed by atoms with Crippen LogP contribution in [0.2, 0.25) is 0 Å². The topological polar surface area (TPSA) is 88.1 Å². The van der Waals surface area contributed by atoms with E-state index in [0.29, 0.717) is 18.7 Å². The zero-order valence-electron chi connectivity index (χ0n) is 12.5. The fourth-order valence-electron chi connectivity index (χ4n) is 1.87. The molecule has 1 amide bonds. The number of amides is 1. The van der Waals surface area contributed by atoms with E-state index >= 15 is 0 Å². The molecule has 0 atom stereocenters. The summed E-state index contributed by atoms with van der Waals surface area (Å²) in [5, 5.41) is 12.0. The van der Waals surface area contributed by atoms with Gasteiger partial charge in [-0.1, -0.05) is 12.1 Å². The van der Waals surface area contributed by atoms with Crippen molar-refractivity contribution >= 4 is 23.4 Å². The van der Waals surface area contributed by atoms with Crippen LogP contribution in [-0.4, -0.2) is 24.8 Å². The number of ether oxygens (including phenoxy) is 1. The summed E-state index contributed by atoms with van der Waals surface area (Å²) < 4.78 is 5.61. The first kappa shape index (κ1) is 16.7. The average Bonchev–Trinajstić information content (AvgIpc) is 2.58. The molecular weight excluding hydrogens is 310 g/mol. The Morgan fingerprint density at radius 2 is 1.96 bits per heavy atom. The van der Waals surface area contributed by atoms with E-state index in [1.807, 2.05) is 24.3 Å². The Hall–Kier alpha value is -2.65. The molecule has 0 heterocycles. The number of primary amides is 1. The molecule has 0 spiro atoms. The predicted molar refractivity (Wildman–Crippen MR) is 91.5 cm³/mol. The number of rotatable bonds is 8. The number of nitrogens with one attached hydrogen (secondary N) is 1. The Kier molecular flexibility index (Phi) is 6.33. The van der Waals surface area contributed by atoms with Gasteiger partial charge in [0, 0.05) is 17.1 Å². The second-order valence-electron chi connectivity index (χ2n) is 4.66. The molecule has 0 saturated heterocycles. The lowest BCUT2D eigenvalue weighted by Gasteiger charge is -2.12. The van der Waals surface area contributed by atoms with Gasteiger partial charge in [0.25, 0.3) is 0 Å². The molecule has 6 heteroatoms. The summed E-state index contributed by atoms with van der Waals surface area (Å²) in [4.78, 5) is 11.9. The molecule has 5 nitrogen and oxygen atoms in total. The number of hydrogen-bond donors (Lipinski definition) is 2. The molecule has 0 aromatic heterocycles. The van der Waals surface area contributed by atoms with Crippen LogP contribution in [0.25, 0.3) is 0 Å². The van der Waals surface area contributed by atoms with Gasteiger partial charge in [-0.3, -0.25) is 4.79 Å². The van der Waals surface area contributed by atoms with Crippen molar-refractivity contribution in [3.63, 3.8) is 0 Å². The number of carbonyl (C=O) groups excluding carboxylic acids is 1. The fraction of sp³-hybridized carbons (Fsp3) is 0.176. The Morgan fingerprint density at radius 1 is 1.22 bits per heavy atom. The number of benzene rings is 2. The normalized spacial score (nSPS) is 9.87. The largest absolute Gasteiger partial charge is 0.492 e. The van der Waals surface area contributed by atoms with Gasteiger partial charge in [0.1, 0.15) is 12.4 Å². The van der Waals surface area contributed by atoms with Crippen LogP contribution in [0.4, 0.5) is 5.69 Å². The number of nitriles is 1. The first-order valence-electron chi connectivity index (χ1n) is 7.06. The molecule has 0 aliphatic heterocycles.